The van der Waals surface area contributed by atoms with Crippen LogP contribution >= 0.6 is 11.3 Å². The average Bonchev–Trinajstić information content (AvgIpc) is 3.34. The number of hydrogen-bond donors (Lipinski definition) is 0. The van der Waals surface area contributed by atoms with Crippen LogP contribution in [0.3, 0.4) is 0 Å². The molecule has 1 saturated heterocycles. The second kappa shape index (κ2) is 6.77. The van der Waals surface area contributed by atoms with Crippen LogP contribution in [0, 0.1) is 12.8 Å². The summed E-state index contributed by atoms with van der Waals surface area (Å²) in [7, 11) is -3.82. The van der Waals surface area contributed by atoms with E-state index in [-0.39, 0.29) is 15.6 Å². The number of piperidine rings is 1. The van der Waals surface area contributed by atoms with Crippen molar-refractivity contribution in [3.8, 4) is 0 Å². The van der Waals surface area contributed by atoms with Crippen molar-refractivity contribution in [2.45, 2.75) is 36.6 Å². The van der Waals surface area contributed by atoms with Crippen molar-refractivity contribution >= 4 is 42.9 Å². The second-order valence-electron chi connectivity index (χ2n) is 7.71. The standard InChI is InChI=1S/C20H21N5O2S2/c1-13-5-7-15(8-6-13)29(26,27)20-19-21-18(24-10-3-4-14(2)12-24)17-16(9-11-28-17)25(19)23-22-20/h5-9,11,14H,3-4,10,12H2,1-2H3. The Morgan fingerprint density at radius 2 is 1.97 bits per heavy atom. The molecule has 0 saturated carbocycles. The number of nitrogens with zero attached hydrogens (tertiary/aromatic N) is 5. The van der Waals surface area contributed by atoms with Crippen molar-refractivity contribution in [1.82, 2.24) is 19.8 Å². The molecule has 0 bridgehead atoms. The van der Waals surface area contributed by atoms with Gasteiger partial charge in [-0.15, -0.1) is 16.4 Å². The predicted molar refractivity (Wildman–Crippen MR) is 113 cm³/mol. The fraction of sp³-hybridized carbons (Fsp3) is 0.350. The van der Waals surface area contributed by atoms with E-state index in [1.54, 1.807) is 40.1 Å². The first-order chi connectivity index (χ1) is 13.9. The van der Waals surface area contributed by atoms with Crippen molar-refractivity contribution in [2.75, 3.05) is 18.0 Å². The molecule has 5 rings (SSSR count). The summed E-state index contributed by atoms with van der Waals surface area (Å²) >= 11 is 1.60. The Hall–Kier alpha value is -2.52. The molecular weight excluding hydrogens is 406 g/mol. The van der Waals surface area contributed by atoms with Crippen LogP contribution in [-0.2, 0) is 9.84 Å². The van der Waals surface area contributed by atoms with E-state index in [0.717, 1.165) is 41.1 Å². The largest absolute Gasteiger partial charge is 0.355 e. The quantitative estimate of drug-likeness (QED) is 0.496. The lowest BCUT2D eigenvalue weighted by molar-refractivity contribution is 0.445. The number of aromatic nitrogens is 4. The molecule has 9 heteroatoms. The molecule has 1 fully saturated rings. The van der Waals surface area contributed by atoms with Crippen LogP contribution in [-0.4, -0.2) is 41.3 Å². The fourth-order valence-electron chi connectivity index (χ4n) is 3.91. The minimum absolute atomic E-state index is 0.0965. The number of sulfone groups is 1. The molecule has 4 heterocycles. The number of rotatable bonds is 3. The lowest BCUT2D eigenvalue weighted by atomic mass is 10.0. The third-order valence-corrected chi connectivity index (χ3v) is 8.01. The zero-order valence-electron chi connectivity index (χ0n) is 16.2. The van der Waals surface area contributed by atoms with E-state index >= 15 is 0 Å². The summed E-state index contributed by atoms with van der Waals surface area (Å²) in [5.41, 5.74) is 2.12. The Labute approximate surface area is 172 Å². The van der Waals surface area contributed by atoms with Crippen LogP contribution in [0.15, 0.2) is 45.6 Å². The molecule has 7 nitrogen and oxygen atoms in total. The Morgan fingerprint density at radius 1 is 1.17 bits per heavy atom. The number of aryl methyl sites for hydroxylation is 1. The maximum atomic E-state index is 13.3. The van der Waals surface area contributed by atoms with Gasteiger partial charge >= 0.3 is 0 Å². The molecule has 1 unspecified atom stereocenters. The smallest absolute Gasteiger partial charge is 0.229 e. The third kappa shape index (κ3) is 3.00. The molecule has 0 radical (unpaired) electrons. The maximum absolute atomic E-state index is 13.3. The van der Waals surface area contributed by atoms with Gasteiger partial charge in [-0.2, -0.15) is 4.52 Å². The summed E-state index contributed by atoms with van der Waals surface area (Å²) in [5, 5.41) is 10.1. The minimum atomic E-state index is -3.82. The lowest BCUT2D eigenvalue weighted by Gasteiger charge is -2.32. The van der Waals surface area contributed by atoms with Crippen molar-refractivity contribution in [1.29, 1.82) is 0 Å². The molecule has 1 aliphatic rings. The highest BCUT2D eigenvalue weighted by Crippen LogP contribution is 2.34. The van der Waals surface area contributed by atoms with E-state index in [4.69, 9.17) is 4.98 Å². The molecule has 1 aliphatic heterocycles. The van der Waals surface area contributed by atoms with Crippen molar-refractivity contribution in [3.05, 3.63) is 41.3 Å². The molecule has 0 amide bonds. The van der Waals surface area contributed by atoms with Gasteiger partial charge in [0.05, 0.1) is 15.1 Å². The van der Waals surface area contributed by atoms with Crippen LogP contribution in [0.5, 0.6) is 0 Å². The summed E-state index contributed by atoms with van der Waals surface area (Å²) in [6.07, 6.45) is 2.31. The number of thiophene rings is 1. The zero-order chi connectivity index (χ0) is 20.2. The molecular formula is C20H21N5O2S2. The fourth-order valence-corrected chi connectivity index (χ4v) is 6.03. The zero-order valence-corrected chi connectivity index (χ0v) is 17.9. The second-order valence-corrected chi connectivity index (χ2v) is 10.5. The molecule has 4 aromatic rings. The van der Waals surface area contributed by atoms with Gasteiger partial charge in [0.1, 0.15) is 0 Å². The normalized spacial score (nSPS) is 18.0. The first-order valence-electron chi connectivity index (χ1n) is 9.64. The Bertz CT molecular complexity index is 1310. The number of hydrogen-bond acceptors (Lipinski definition) is 7. The summed E-state index contributed by atoms with van der Waals surface area (Å²) in [5.74, 6) is 1.41. The van der Waals surface area contributed by atoms with Crippen molar-refractivity contribution in [2.24, 2.45) is 5.92 Å². The summed E-state index contributed by atoms with van der Waals surface area (Å²) < 4.78 is 29.1. The molecule has 1 aromatic carbocycles. The van der Waals surface area contributed by atoms with E-state index in [2.05, 4.69) is 22.1 Å². The summed E-state index contributed by atoms with van der Waals surface area (Å²) in [6.45, 7) is 5.99. The van der Waals surface area contributed by atoms with Crippen LogP contribution in [0.1, 0.15) is 25.3 Å². The molecule has 29 heavy (non-hydrogen) atoms. The number of benzene rings is 1. The lowest BCUT2D eigenvalue weighted by Crippen LogP contribution is -2.35. The van der Waals surface area contributed by atoms with Gasteiger partial charge in [0.2, 0.25) is 14.9 Å². The number of anilines is 1. The van der Waals surface area contributed by atoms with Crippen LogP contribution in [0.25, 0.3) is 15.9 Å². The van der Waals surface area contributed by atoms with Gasteiger partial charge in [0.15, 0.2) is 11.5 Å². The van der Waals surface area contributed by atoms with Crippen molar-refractivity contribution in [3.63, 3.8) is 0 Å². The highest BCUT2D eigenvalue weighted by Gasteiger charge is 2.29. The van der Waals surface area contributed by atoms with Gasteiger partial charge in [0.25, 0.3) is 0 Å². The Balaban J connectivity index is 1.72. The van der Waals surface area contributed by atoms with E-state index in [1.165, 1.54) is 6.42 Å². The first-order valence-corrected chi connectivity index (χ1v) is 12.0. The van der Waals surface area contributed by atoms with Crippen LogP contribution in [0.2, 0.25) is 0 Å². The van der Waals surface area contributed by atoms with E-state index in [9.17, 15) is 8.42 Å². The predicted octanol–water partition coefficient (Wildman–Crippen LogP) is 3.72. The van der Waals surface area contributed by atoms with E-state index < -0.39 is 9.84 Å². The van der Waals surface area contributed by atoms with Gasteiger partial charge in [-0.1, -0.05) is 29.8 Å². The van der Waals surface area contributed by atoms with E-state index in [0.29, 0.717) is 5.92 Å². The van der Waals surface area contributed by atoms with Crippen LogP contribution in [0.4, 0.5) is 5.82 Å². The average molecular weight is 428 g/mol. The third-order valence-electron chi connectivity index (χ3n) is 5.45. The molecule has 1 atom stereocenters. The topological polar surface area (TPSA) is 80.5 Å². The molecule has 0 spiro atoms. The van der Waals surface area contributed by atoms with Crippen LogP contribution < -0.4 is 4.90 Å². The minimum Gasteiger partial charge on any atom is -0.355 e. The molecule has 150 valence electrons. The molecule has 3 aromatic heterocycles. The van der Waals surface area contributed by atoms with Crippen molar-refractivity contribution < 1.29 is 8.42 Å². The maximum Gasteiger partial charge on any atom is 0.229 e. The van der Waals surface area contributed by atoms with Gasteiger partial charge in [-0.05, 0) is 49.3 Å². The first kappa shape index (κ1) is 18.5. The molecule has 0 N–H and O–H groups in total. The molecule has 0 aliphatic carbocycles. The summed E-state index contributed by atoms with van der Waals surface area (Å²) in [4.78, 5) is 7.26. The van der Waals surface area contributed by atoms with Gasteiger partial charge in [-0.25, -0.2) is 13.4 Å². The Morgan fingerprint density at radius 3 is 2.72 bits per heavy atom. The van der Waals surface area contributed by atoms with E-state index in [1.807, 2.05) is 18.4 Å². The monoisotopic (exact) mass is 427 g/mol. The number of fused-ring (bicyclic) bond motifs is 3. The highest BCUT2D eigenvalue weighted by molar-refractivity contribution is 7.91. The highest BCUT2D eigenvalue weighted by atomic mass is 32.2. The SMILES string of the molecule is Cc1ccc(S(=O)(=O)c2nnn3c2nc(N2CCCC(C)C2)c2sccc23)cc1. The summed E-state index contributed by atoms with van der Waals surface area (Å²) in [6, 6.07) is 8.72. The van der Waals surface area contributed by atoms with Gasteiger partial charge in [-0.3, -0.25) is 0 Å². The van der Waals surface area contributed by atoms with Gasteiger partial charge < -0.3 is 4.90 Å². The Kier molecular flexibility index (Phi) is 4.32. The van der Waals surface area contributed by atoms with Gasteiger partial charge in [0, 0.05) is 13.1 Å².